The van der Waals surface area contributed by atoms with Crippen LogP contribution in [-0.4, -0.2) is 11.9 Å². The Bertz CT molecular complexity index is 339. The van der Waals surface area contributed by atoms with Crippen molar-refractivity contribution in [1.82, 2.24) is 0 Å². The summed E-state index contributed by atoms with van der Waals surface area (Å²) in [5, 5.41) is 0.867. The number of benzene rings is 1. The highest BCUT2D eigenvalue weighted by Gasteiger charge is 2.19. The van der Waals surface area contributed by atoms with E-state index in [1.165, 1.54) is 11.1 Å². The molecule has 0 N–H and O–H groups in total. The molecule has 0 amide bonds. The maximum atomic E-state index is 5.77. The van der Waals surface area contributed by atoms with Crippen LogP contribution in [0.3, 0.4) is 0 Å². The molecule has 0 heterocycles. The fourth-order valence-electron chi connectivity index (χ4n) is 1.66. The molecule has 0 fully saturated rings. The van der Waals surface area contributed by atoms with Gasteiger partial charge in [0.25, 0.3) is 0 Å². The number of alkyl halides is 1. The van der Waals surface area contributed by atoms with Crippen LogP contribution in [0.1, 0.15) is 38.8 Å². The molecule has 0 saturated carbocycles. The third-order valence-corrected chi connectivity index (χ3v) is 2.92. The van der Waals surface area contributed by atoms with Gasteiger partial charge in [0.1, 0.15) is 5.75 Å². The topological polar surface area (TPSA) is 9.23 Å². The molecule has 0 aliphatic rings. The quantitative estimate of drug-likeness (QED) is 0.749. The number of hydrogen-bond acceptors (Lipinski definition) is 1. The van der Waals surface area contributed by atoms with Crippen molar-refractivity contribution in [2.75, 3.05) is 11.9 Å². The van der Waals surface area contributed by atoms with E-state index in [1.54, 1.807) is 0 Å². The monoisotopic (exact) mass is 284 g/mol. The fourth-order valence-corrected chi connectivity index (χ4v) is 1.82. The fraction of sp³-hybridized carbons (Fsp3) is 0.571. The average molecular weight is 285 g/mol. The lowest BCUT2D eigenvalue weighted by Crippen LogP contribution is -2.14. The normalized spacial score (nSPS) is 11.6. The zero-order chi connectivity index (χ0) is 12.2. The SMILES string of the molecule is CCc1ccc(OCCBr)c(C(C)(C)C)c1. The first kappa shape index (κ1) is 13.6. The maximum Gasteiger partial charge on any atom is 0.123 e. The van der Waals surface area contributed by atoms with Crippen molar-refractivity contribution in [1.29, 1.82) is 0 Å². The number of rotatable bonds is 4. The number of halogens is 1. The van der Waals surface area contributed by atoms with E-state index in [2.05, 4.69) is 61.8 Å². The van der Waals surface area contributed by atoms with Crippen molar-refractivity contribution in [3.63, 3.8) is 0 Å². The molecule has 0 radical (unpaired) electrons. The molecule has 90 valence electrons. The first-order valence-corrected chi connectivity index (χ1v) is 6.93. The second kappa shape index (κ2) is 5.72. The van der Waals surface area contributed by atoms with E-state index in [0.717, 1.165) is 17.5 Å². The Labute approximate surface area is 107 Å². The summed E-state index contributed by atoms with van der Waals surface area (Å²) in [6.45, 7) is 9.57. The van der Waals surface area contributed by atoms with Gasteiger partial charge in [0.2, 0.25) is 0 Å². The summed E-state index contributed by atoms with van der Waals surface area (Å²) < 4.78 is 5.77. The van der Waals surface area contributed by atoms with Gasteiger partial charge >= 0.3 is 0 Å². The third-order valence-electron chi connectivity index (χ3n) is 2.59. The molecule has 0 atom stereocenters. The summed E-state index contributed by atoms with van der Waals surface area (Å²) in [5.41, 5.74) is 2.80. The molecule has 0 unspecified atom stereocenters. The van der Waals surface area contributed by atoms with Crippen LogP contribution in [-0.2, 0) is 11.8 Å². The highest BCUT2D eigenvalue weighted by atomic mass is 79.9. The van der Waals surface area contributed by atoms with Crippen molar-refractivity contribution in [3.05, 3.63) is 29.3 Å². The summed E-state index contributed by atoms with van der Waals surface area (Å²) in [7, 11) is 0. The Hall–Kier alpha value is -0.500. The van der Waals surface area contributed by atoms with Crippen molar-refractivity contribution in [2.24, 2.45) is 0 Å². The smallest absolute Gasteiger partial charge is 0.123 e. The molecular formula is C14H21BrO. The van der Waals surface area contributed by atoms with E-state index in [-0.39, 0.29) is 5.41 Å². The van der Waals surface area contributed by atoms with Crippen molar-refractivity contribution in [3.8, 4) is 5.75 Å². The van der Waals surface area contributed by atoms with Crippen molar-refractivity contribution >= 4 is 15.9 Å². The van der Waals surface area contributed by atoms with Crippen molar-refractivity contribution in [2.45, 2.75) is 39.5 Å². The summed E-state index contributed by atoms with van der Waals surface area (Å²) in [6, 6.07) is 6.52. The van der Waals surface area contributed by atoms with Gasteiger partial charge in [0.05, 0.1) is 6.61 Å². The highest BCUT2D eigenvalue weighted by molar-refractivity contribution is 9.09. The molecule has 0 aromatic heterocycles. The minimum Gasteiger partial charge on any atom is -0.492 e. The molecule has 16 heavy (non-hydrogen) atoms. The predicted octanol–water partition coefficient (Wildman–Crippen LogP) is 4.32. The summed E-state index contributed by atoms with van der Waals surface area (Å²) in [4.78, 5) is 0. The van der Waals surface area contributed by atoms with E-state index in [9.17, 15) is 0 Å². The molecule has 0 saturated heterocycles. The van der Waals surface area contributed by atoms with Crippen LogP contribution in [0.25, 0.3) is 0 Å². The predicted molar refractivity (Wildman–Crippen MR) is 73.8 cm³/mol. The average Bonchev–Trinajstić information content (AvgIpc) is 2.25. The van der Waals surface area contributed by atoms with Gasteiger partial charge < -0.3 is 4.74 Å². The standard InChI is InChI=1S/C14H21BrO/c1-5-11-6-7-13(16-9-8-15)12(10-11)14(2,3)4/h6-7,10H,5,8-9H2,1-4H3. The lowest BCUT2D eigenvalue weighted by Gasteiger charge is -2.23. The lowest BCUT2D eigenvalue weighted by atomic mass is 9.85. The molecule has 1 rings (SSSR count). The van der Waals surface area contributed by atoms with Crippen LogP contribution in [0.2, 0.25) is 0 Å². The van der Waals surface area contributed by atoms with Crippen LogP contribution in [0.5, 0.6) is 5.75 Å². The zero-order valence-electron chi connectivity index (χ0n) is 10.6. The van der Waals surface area contributed by atoms with Crippen molar-refractivity contribution < 1.29 is 4.74 Å². The number of ether oxygens (including phenoxy) is 1. The van der Waals surface area contributed by atoms with E-state index in [4.69, 9.17) is 4.74 Å². The van der Waals surface area contributed by atoms with E-state index < -0.39 is 0 Å². The van der Waals surface area contributed by atoms with Gasteiger partial charge in [0, 0.05) is 5.33 Å². The first-order valence-electron chi connectivity index (χ1n) is 5.81. The summed E-state index contributed by atoms with van der Waals surface area (Å²) >= 11 is 3.39. The van der Waals surface area contributed by atoms with Gasteiger partial charge in [-0.1, -0.05) is 55.8 Å². The van der Waals surface area contributed by atoms with Crippen LogP contribution in [0, 0.1) is 0 Å². The second-order valence-corrected chi connectivity index (χ2v) is 5.76. The molecule has 1 aromatic carbocycles. The Kier molecular flexibility index (Phi) is 4.85. The third kappa shape index (κ3) is 3.51. The molecule has 2 heteroatoms. The summed E-state index contributed by atoms with van der Waals surface area (Å²) in [6.07, 6.45) is 1.07. The maximum absolute atomic E-state index is 5.77. The van der Waals surface area contributed by atoms with Crippen LogP contribution < -0.4 is 4.74 Å². The lowest BCUT2D eigenvalue weighted by molar-refractivity contribution is 0.334. The Morgan fingerprint density at radius 2 is 1.94 bits per heavy atom. The summed E-state index contributed by atoms with van der Waals surface area (Å²) in [5.74, 6) is 1.02. The van der Waals surface area contributed by atoms with E-state index in [0.29, 0.717) is 6.61 Å². The van der Waals surface area contributed by atoms with Crippen LogP contribution in [0.15, 0.2) is 18.2 Å². The van der Waals surface area contributed by atoms with Gasteiger partial charge in [-0.25, -0.2) is 0 Å². The van der Waals surface area contributed by atoms with Crippen LogP contribution in [0.4, 0.5) is 0 Å². The van der Waals surface area contributed by atoms with Crippen LogP contribution >= 0.6 is 15.9 Å². The molecule has 0 spiro atoms. The minimum absolute atomic E-state index is 0.132. The van der Waals surface area contributed by atoms with Gasteiger partial charge in [-0.2, -0.15) is 0 Å². The molecule has 1 aromatic rings. The van der Waals surface area contributed by atoms with Gasteiger partial charge in [-0.3, -0.25) is 0 Å². The highest BCUT2D eigenvalue weighted by Crippen LogP contribution is 2.32. The minimum atomic E-state index is 0.132. The Morgan fingerprint density at radius 3 is 2.44 bits per heavy atom. The first-order chi connectivity index (χ1) is 7.49. The van der Waals surface area contributed by atoms with Gasteiger partial charge in [0.15, 0.2) is 0 Å². The van der Waals surface area contributed by atoms with Gasteiger partial charge in [-0.15, -0.1) is 0 Å². The molecule has 0 aliphatic heterocycles. The Morgan fingerprint density at radius 1 is 1.25 bits per heavy atom. The molecular weight excluding hydrogens is 264 g/mol. The van der Waals surface area contributed by atoms with E-state index in [1.807, 2.05) is 0 Å². The molecule has 0 bridgehead atoms. The number of aryl methyl sites for hydroxylation is 1. The molecule has 1 nitrogen and oxygen atoms in total. The molecule has 0 aliphatic carbocycles. The Balaban J connectivity index is 3.06. The number of hydrogen-bond donors (Lipinski definition) is 0. The van der Waals surface area contributed by atoms with Gasteiger partial charge in [-0.05, 0) is 29.0 Å². The zero-order valence-corrected chi connectivity index (χ0v) is 12.2. The van der Waals surface area contributed by atoms with E-state index >= 15 is 0 Å². The largest absolute Gasteiger partial charge is 0.492 e. The second-order valence-electron chi connectivity index (χ2n) is 4.97.